The Kier molecular flexibility index (Phi) is 7.94. The van der Waals surface area contributed by atoms with Gasteiger partial charge in [0.25, 0.3) is 0 Å². The molecule has 8 nitrogen and oxygen atoms in total. The molecule has 1 aliphatic rings. The van der Waals surface area contributed by atoms with Crippen molar-refractivity contribution < 1.29 is 14.0 Å². The van der Waals surface area contributed by atoms with Crippen LogP contribution in [0, 0.1) is 17.1 Å². The molecule has 2 N–H and O–H groups in total. The third kappa shape index (κ3) is 5.96. The van der Waals surface area contributed by atoms with E-state index in [1.807, 2.05) is 0 Å². The summed E-state index contributed by atoms with van der Waals surface area (Å²) < 4.78 is 14.8. The Hall–Kier alpha value is -3.49. The van der Waals surface area contributed by atoms with Crippen molar-refractivity contribution in [1.29, 1.82) is 5.26 Å². The lowest BCUT2D eigenvalue weighted by Crippen LogP contribution is -2.18. The number of halogens is 1. The molecule has 0 saturated carbocycles. The Bertz CT molecular complexity index is 1290. The Morgan fingerprint density at radius 3 is 2.71 bits per heavy atom. The number of rotatable bonds is 9. The van der Waals surface area contributed by atoms with Gasteiger partial charge in [0.2, 0.25) is 11.8 Å². The van der Waals surface area contributed by atoms with Gasteiger partial charge in [-0.3, -0.25) is 9.59 Å². The van der Waals surface area contributed by atoms with Crippen LogP contribution < -0.4 is 10.6 Å². The fourth-order valence-corrected chi connectivity index (χ4v) is 5.84. The molecule has 2 heterocycles. The van der Waals surface area contributed by atoms with Crippen LogP contribution in [0.1, 0.15) is 34.7 Å². The third-order valence-corrected chi connectivity index (χ3v) is 7.59. The summed E-state index contributed by atoms with van der Waals surface area (Å²) in [6.45, 7) is 4.11. The van der Waals surface area contributed by atoms with Gasteiger partial charge in [-0.2, -0.15) is 5.26 Å². The van der Waals surface area contributed by atoms with Crippen molar-refractivity contribution in [3.63, 3.8) is 0 Å². The first kappa shape index (κ1) is 24.6. The zero-order valence-electron chi connectivity index (χ0n) is 18.8. The first-order chi connectivity index (χ1) is 17.0. The molecule has 1 aliphatic carbocycles. The zero-order valence-corrected chi connectivity index (χ0v) is 20.5. The van der Waals surface area contributed by atoms with Crippen LogP contribution >= 0.6 is 23.1 Å². The van der Waals surface area contributed by atoms with Gasteiger partial charge in [-0.05, 0) is 55.5 Å². The Labute approximate surface area is 210 Å². The largest absolute Gasteiger partial charge is 0.326 e. The normalized spacial score (nSPS) is 12.5. The number of amides is 2. The number of hydrogen-bond donors (Lipinski definition) is 2. The van der Waals surface area contributed by atoms with E-state index in [0.29, 0.717) is 33.8 Å². The van der Waals surface area contributed by atoms with E-state index in [1.165, 1.54) is 52.2 Å². The molecule has 0 radical (unpaired) electrons. The summed E-state index contributed by atoms with van der Waals surface area (Å²) in [6.07, 6.45) is 5.60. The second-order valence-electron chi connectivity index (χ2n) is 7.89. The van der Waals surface area contributed by atoms with E-state index >= 15 is 0 Å². The quantitative estimate of drug-likeness (QED) is 0.327. The topological polar surface area (TPSA) is 113 Å². The van der Waals surface area contributed by atoms with Gasteiger partial charge in [-0.25, -0.2) is 4.39 Å². The molecular weight excluding hydrogens is 487 g/mol. The van der Waals surface area contributed by atoms with Crippen LogP contribution in [0.3, 0.4) is 0 Å². The lowest BCUT2D eigenvalue weighted by Gasteiger charge is -2.09. The molecule has 180 valence electrons. The van der Waals surface area contributed by atoms with Gasteiger partial charge in [0.05, 0.1) is 17.7 Å². The summed E-state index contributed by atoms with van der Waals surface area (Å²) in [5.74, 6) is -0.458. The highest BCUT2D eigenvalue weighted by Crippen LogP contribution is 2.37. The molecule has 1 aromatic carbocycles. The second-order valence-corrected chi connectivity index (χ2v) is 9.94. The van der Waals surface area contributed by atoms with E-state index in [1.54, 1.807) is 10.6 Å². The smallest absolute Gasteiger partial charge is 0.235 e. The predicted molar refractivity (Wildman–Crippen MR) is 134 cm³/mol. The minimum absolute atomic E-state index is 0.0444. The maximum Gasteiger partial charge on any atom is 0.235 e. The molecule has 35 heavy (non-hydrogen) atoms. The van der Waals surface area contributed by atoms with Gasteiger partial charge < -0.3 is 15.2 Å². The van der Waals surface area contributed by atoms with Crippen molar-refractivity contribution >= 4 is 45.6 Å². The third-order valence-electron chi connectivity index (χ3n) is 5.42. The molecule has 2 aromatic heterocycles. The van der Waals surface area contributed by atoms with Gasteiger partial charge in [-0.15, -0.1) is 28.1 Å². The van der Waals surface area contributed by atoms with E-state index in [4.69, 9.17) is 0 Å². The number of carbonyl (C=O) groups excluding carboxylic acids is 2. The SMILES string of the molecule is C=CCn1c(CC(=O)Nc2ccc(F)cc2)nnc1SCC(=O)Nc1sc2c(c1C#N)CCCC2. The summed E-state index contributed by atoms with van der Waals surface area (Å²) >= 11 is 2.68. The van der Waals surface area contributed by atoms with Crippen molar-refractivity contribution in [2.75, 3.05) is 16.4 Å². The Morgan fingerprint density at radius 2 is 1.97 bits per heavy atom. The number of aromatic nitrogens is 3. The number of anilines is 2. The minimum Gasteiger partial charge on any atom is -0.326 e. The number of nitriles is 1. The van der Waals surface area contributed by atoms with Crippen molar-refractivity contribution in [3.8, 4) is 6.07 Å². The van der Waals surface area contributed by atoms with Crippen molar-refractivity contribution in [2.45, 2.75) is 43.8 Å². The highest BCUT2D eigenvalue weighted by atomic mass is 32.2. The van der Waals surface area contributed by atoms with Crippen LogP contribution in [0.5, 0.6) is 0 Å². The number of fused-ring (bicyclic) bond motifs is 1. The number of allylic oxidation sites excluding steroid dienone is 1. The molecule has 0 saturated heterocycles. The highest BCUT2D eigenvalue weighted by molar-refractivity contribution is 7.99. The average Bonchev–Trinajstić information content (AvgIpc) is 3.39. The number of thioether (sulfide) groups is 1. The highest BCUT2D eigenvalue weighted by Gasteiger charge is 2.22. The van der Waals surface area contributed by atoms with E-state index in [0.717, 1.165) is 31.2 Å². The van der Waals surface area contributed by atoms with E-state index < -0.39 is 0 Å². The monoisotopic (exact) mass is 510 g/mol. The average molecular weight is 511 g/mol. The lowest BCUT2D eigenvalue weighted by molar-refractivity contribution is -0.116. The molecule has 0 spiro atoms. The first-order valence-electron chi connectivity index (χ1n) is 11.0. The summed E-state index contributed by atoms with van der Waals surface area (Å²) in [5.41, 5.74) is 2.12. The molecule has 0 fully saturated rings. The number of thiophene rings is 1. The fraction of sp³-hybridized carbons (Fsp3) is 0.292. The standard InChI is InChI=1S/C24H23FN6O2S2/c1-2-11-31-20(12-21(32)27-16-9-7-15(25)8-10-16)29-30-24(31)34-14-22(33)28-23-18(13-26)17-5-3-4-6-19(17)35-23/h2,7-10H,1,3-6,11-12,14H2,(H,27,32)(H,28,33). The Balaban J connectivity index is 1.39. The molecule has 0 bridgehead atoms. The molecule has 0 aliphatic heterocycles. The van der Waals surface area contributed by atoms with Crippen LogP contribution in [-0.4, -0.2) is 32.3 Å². The summed E-state index contributed by atoms with van der Waals surface area (Å²) in [6, 6.07) is 7.73. The maximum absolute atomic E-state index is 13.1. The number of aryl methyl sites for hydroxylation is 1. The van der Waals surface area contributed by atoms with Gasteiger partial charge >= 0.3 is 0 Å². The van der Waals surface area contributed by atoms with Gasteiger partial charge in [-0.1, -0.05) is 17.8 Å². The van der Waals surface area contributed by atoms with E-state index in [9.17, 15) is 19.2 Å². The number of hydrogen-bond acceptors (Lipinski definition) is 7. The second kappa shape index (κ2) is 11.3. The summed E-state index contributed by atoms with van der Waals surface area (Å²) in [7, 11) is 0. The summed E-state index contributed by atoms with van der Waals surface area (Å²) in [5, 5.41) is 24.5. The fourth-order valence-electron chi connectivity index (χ4n) is 3.82. The maximum atomic E-state index is 13.1. The number of benzene rings is 1. The summed E-state index contributed by atoms with van der Waals surface area (Å²) in [4.78, 5) is 26.3. The van der Waals surface area contributed by atoms with Crippen LogP contribution in [-0.2, 0) is 35.4 Å². The van der Waals surface area contributed by atoms with E-state index in [-0.39, 0.29) is 29.8 Å². The van der Waals surface area contributed by atoms with Gasteiger partial charge in [0.1, 0.15) is 22.7 Å². The van der Waals surface area contributed by atoms with Crippen molar-refractivity contribution in [3.05, 3.63) is 64.6 Å². The molecule has 2 amide bonds. The molecular formula is C24H23FN6O2S2. The molecule has 0 unspecified atom stereocenters. The van der Waals surface area contributed by atoms with Crippen molar-refractivity contribution in [1.82, 2.24) is 14.8 Å². The van der Waals surface area contributed by atoms with Gasteiger partial charge in [0, 0.05) is 17.1 Å². The minimum atomic E-state index is -0.387. The number of nitrogens with zero attached hydrogens (tertiary/aromatic N) is 4. The molecule has 3 aromatic rings. The molecule has 4 rings (SSSR count). The lowest BCUT2D eigenvalue weighted by atomic mass is 9.96. The predicted octanol–water partition coefficient (Wildman–Crippen LogP) is 4.33. The first-order valence-corrected chi connectivity index (χ1v) is 12.8. The Morgan fingerprint density at radius 1 is 1.20 bits per heavy atom. The van der Waals surface area contributed by atoms with Crippen molar-refractivity contribution in [2.24, 2.45) is 0 Å². The van der Waals surface area contributed by atoms with Crippen LogP contribution in [0.4, 0.5) is 15.1 Å². The van der Waals surface area contributed by atoms with Gasteiger partial charge in [0.15, 0.2) is 5.16 Å². The van der Waals surface area contributed by atoms with E-state index in [2.05, 4.69) is 33.5 Å². The van der Waals surface area contributed by atoms with Crippen LogP contribution in [0.15, 0.2) is 42.1 Å². The molecule has 11 heteroatoms. The van der Waals surface area contributed by atoms with Crippen LogP contribution in [0.2, 0.25) is 0 Å². The van der Waals surface area contributed by atoms with Crippen LogP contribution in [0.25, 0.3) is 0 Å². The number of nitrogens with one attached hydrogen (secondary N) is 2. The number of carbonyl (C=O) groups is 2. The molecule has 0 atom stereocenters. The zero-order chi connectivity index (χ0) is 24.8.